The van der Waals surface area contributed by atoms with Crippen LogP contribution in [-0.2, 0) is 12.8 Å². The maximum Gasteiger partial charge on any atom is 0.122 e. The first-order chi connectivity index (χ1) is 8.65. The van der Waals surface area contributed by atoms with Gasteiger partial charge in [-0.2, -0.15) is 0 Å². The van der Waals surface area contributed by atoms with Gasteiger partial charge in [0.2, 0.25) is 0 Å². The molecule has 0 saturated heterocycles. The van der Waals surface area contributed by atoms with Crippen LogP contribution in [0.1, 0.15) is 37.8 Å². The largest absolute Gasteiger partial charge is 0.496 e. The molecule has 0 fully saturated rings. The molecule has 1 atom stereocenters. The van der Waals surface area contributed by atoms with Crippen LogP contribution >= 0.6 is 12.4 Å². The Kier molecular flexibility index (Phi) is 8.61. The molecule has 110 valence electrons. The van der Waals surface area contributed by atoms with Crippen LogP contribution in [0.15, 0.2) is 12.1 Å². The molecule has 4 heteroatoms. The van der Waals surface area contributed by atoms with Gasteiger partial charge in [-0.1, -0.05) is 20.3 Å². The summed E-state index contributed by atoms with van der Waals surface area (Å²) in [6.45, 7) is 4.26. The predicted octanol–water partition coefficient (Wildman–Crippen LogP) is 3.36. The summed E-state index contributed by atoms with van der Waals surface area (Å²) in [5.41, 5.74) is 8.35. The minimum absolute atomic E-state index is 0. The van der Waals surface area contributed by atoms with Gasteiger partial charge in [0.25, 0.3) is 0 Å². The highest BCUT2D eigenvalue weighted by atomic mass is 35.5. The Labute approximate surface area is 122 Å². The number of halogens is 1. The van der Waals surface area contributed by atoms with Crippen molar-refractivity contribution in [2.24, 2.45) is 5.73 Å². The number of methoxy groups -OCH3 is 2. The van der Waals surface area contributed by atoms with Gasteiger partial charge in [-0.05, 0) is 42.5 Å². The second-order valence-electron chi connectivity index (χ2n) is 4.60. The monoisotopic (exact) mass is 287 g/mol. The number of rotatable bonds is 7. The highest BCUT2D eigenvalue weighted by Gasteiger charge is 2.12. The molecule has 1 aromatic rings. The van der Waals surface area contributed by atoms with Gasteiger partial charge in [0.05, 0.1) is 14.2 Å². The molecule has 1 rings (SSSR count). The van der Waals surface area contributed by atoms with E-state index in [9.17, 15) is 0 Å². The fourth-order valence-electron chi connectivity index (χ4n) is 2.08. The number of hydrogen-bond donors (Lipinski definition) is 1. The third-order valence-corrected chi connectivity index (χ3v) is 3.21. The van der Waals surface area contributed by atoms with Crippen molar-refractivity contribution in [1.82, 2.24) is 0 Å². The molecular weight excluding hydrogens is 262 g/mol. The molecule has 1 aromatic carbocycles. The lowest BCUT2D eigenvalue weighted by Gasteiger charge is -2.16. The summed E-state index contributed by atoms with van der Waals surface area (Å²) in [6, 6.07) is 4.32. The van der Waals surface area contributed by atoms with Crippen molar-refractivity contribution in [2.45, 2.75) is 45.6 Å². The third-order valence-electron chi connectivity index (χ3n) is 3.21. The second-order valence-corrected chi connectivity index (χ2v) is 4.60. The average molecular weight is 288 g/mol. The number of aryl methyl sites for hydroxylation is 1. The summed E-state index contributed by atoms with van der Waals surface area (Å²) in [6.07, 6.45) is 3.87. The lowest BCUT2D eigenvalue weighted by Crippen LogP contribution is -2.21. The van der Waals surface area contributed by atoms with E-state index < -0.39 is 0 Å². The molecule has 0 aromatic heterocycles. The molecule has 0 aliphatic heterocycles. The van der Waals surface area contributed by atoms with E-state index in [0.717, 1.165) is 42.7 Å². The molecule has 2 N–H and O–H groups in total. The van der Waals surface area contributed by atoms with Crippen LogP contribution in [0.4, 0.5) is 0 Å². The molecular formula is C15H26ClNO2. The van der Waals surface area contributed by atoms with Crippen LogP contribution in [0.5, 0.6) is 11.5 Å². The summed E-state index contributed by atoms with van der Waals surface area (Å²) >= 11 is 0. The molecule has 3 nitrogen and oxygen atoms in total. The molecule has 0 aliphatic carbocycles. The Bertz CT molecular complexity index is 383. The fraction of sp³-hybridized carbons (Fsp3) is 0.600. The van der Waals surface area contributed by atoms with E-state index in [2.05, 4.69) is 26.0 Å². The van der Waals surface area contributed by atoms with E-state index in [0.29, 0.717) is 0 Å². The van der Waals surface area contributed by atoms with Crippen molar-refractivity contribution < 1.29 is 9.47 Å². The van der Waals surface area contributed by atoms with Gasteiger partial charge in [0.1, 0.15) is 11.5 Å². The van der Waals surface area contributed by atoms with Crippen molar-refractivity contribution in [1.29, 1.82) is 0 Å². The molecule has 0 radical (unpaired) electrons. The van der Waals surface area contributed by atoms with Gasteiger partial charge in [0.15, 0.2) is 0 Å². The van der Waals surface area contributed by atoms with Crippen LogP contribution in [0, 0.1) is 0 Å². The maximum absolute atomic E-state index is 6.02. The molecule has 0 saturated carbocycles. The first-order valence-electron chi connectivity index (χ1n) is 6.65. The zero-order chi connectivity index (χ0) is 13.5. The van der Waals surface area contributed by atoms with Crippen molar-refractivity contribution in [3.63, 3.8) is 0 Å². The first kappa shape index (κ1) is 18.1. The van der Waals surface area contributed by atoms with Gasteiger partial charge in [-0.3, -0.25) is 0 Å². The van der Waals surface area contributed by atoms with Crippen LogP contribution in [0.3, 0.4) is 0 Å². The summed E-state index contributed by atoms with van der Waals surface area (Å²) < 4.78 is 10.9. The molecule has 19 heavy (non-hydrogen) atoms. The van der Waals surface area contributed by atoms with Gasteiger partial charge >= 0.3 is 0 Å². The van der Waals surface area contributed by atoms with Gasteiger partial charge in [0, 0.05) is 6.04 Å². The highest BCUT2D eigenvalue weighted by Crippen LogP contribution is 2.30. The van der Waals surface area contributed by atoms with Crippen molar-refractivity contribution in [3.8, 4) is 11.5 Å². The average Bonchev–Trinajstić information content (AvgIpc) is 2.39. The lowest BCUT2D eigenvalue weighted by molar-refractivity contribution is 0.393. The standard InChI is InChI=1S/C15H25NO2.ClH/c1-5-7-11-9-15(18-4)12(8-13(16)6-2)10-14(11)17-3;/h9-10,13H,5-8,16H2,1-4H3;1H/t13-;/m1./s1. The normalized spacial score (nSPS) is 11.6. The zero-order valence-electron chi connectivity index (χ0n) is 12.4. The number of ether oxygens (including phenoxy) is 2. The SMILES string of the molecule is CCCc1cc(OC)c(C[C@H](N)CC)cc1OC.Cl. The Morgan fingerprint density at radius 1 is 1.05 bits per heavy atom. The first-order valence-corrected chi connectivity index (χ1v) is 6.65. The van der Waals surface area contributed by atoms with E-state index >= 15 is 0 Å². The summed E-state index contributed by atoms with van der Waals surface area (Å²) in [4.78, 5) is 0. The molecule has 0 heterocycles. The smallest absolute Gasteiger partial charge is 0.122 e. The van der Waals surface area contributed by atoms with Gasteiger partial charge < -0.3 is 15.2 Å². The number of benzene rings is 1. The highest BCUT2D eigenvalue weighted by molar-refractivity contribution is 5.85. The summed E-state index contributed by atoms with van der Waals surface area (Å²) in [7, 11) is 3.42. The van der Waals surface area contributed by atoms with E-state index in [1.807, 2.05) is 0 Å². The van der Waals surface area contributed by atoms with E-state index in [1.54, 1.807) is 14.2 Å². The van der Waals surface area contributed by atoms with Crippen LogP contribution in [0.2, 0.25) is 0 Å². The summed E-state index contributed by atoms with van der Waals surface area (Å²) in [5, 5.41) is 0. The maximum atomic E-state index is 6.02. The van der Waals surface area contributed by atoms with E-state index in [4.69, 9.17) is 15.2 Å². The number of nitrogens with two attached hydrogens (primary N) is 1. The lowest BCUT2D eigenvalue weighted by atomic mass is 9.99. The Balaban J connectivity index is 0.00000324. The molecule has 0 spiro atoms. The molecule has 0 amide bonds. The minimum atomic E-state index is 0. The Morgan fingerprint density at radius 2 is 1.58 bits per heavy atom. The second kappa shape index (κ2) is 9.05. The number of hydrogen-bond acceptors (Lipinski definition) is 3. The quantitative estimate of drug-likeness (QED) is 0.836. The van der Waals surface area contributed by atoms with Gasteiger partial charge in [-0.15, -0.1) is 12.4 Å². The fourth-order valence-corrected chi connectivity index (χ4v) is 2.08. The van der Waals surface area contributed by atoms with Crippen LogP contribution in [-0.4, -0.2) is 20.3 Å². The van der Waals surface area contributed by atoms with E-state index in [-0.39, 0.29) is 18.4 Å². The molecule has 0 aliphatic rings. The summed E-state index contributed by atoms with van der Waals surface area (Å²) in [5.74, 6) is 1.86. The molecule has 0 unspecified atom stereocenters. The van der Waals surface area contributed by atoms with Crippen molar-refractivity contribution in [3.05, 3.63) is 23.3 Å². The molecule has 0 bridgehead atoms. The van der Waals surface area contributed by atoms with Crippen LogP contribution in [0.25, 0.3) is 0 Å². The Morgan fingerprint density at radius 3 is 2.05 bits per heavy atom. The third kappa shape index (κ3) is 4.92. The Hall–Kier alpha value is -0.930. The van der Waals surface area contributed by atoms with Crippen molar-refractivity contribution in [2.75, 3.05) is 14.2 Å². The minimum Gasteiger partial charge on any atom is -0.496 e. The van der Waals surface area contributed by atoms with Crippen molar-refractivity contribution >= 4 is 12.4 Å². The zero-order valence-corrected chi connectivity index (χ0v) is 13.2. The topological polar surface area (TPSA) is 44.5 Å². The van der Waals surface area contributed by atoms with E-state index in [1.165, 1.54) is 5.56 Å². The van der Waals surface area contributed by atoms with Crippen LogP contribution < -0.4 is 15.2 Å². The predicted molar refractivity (Wildman–Crippen MR) is 82.8 cm³/mol. The van der Waals surface area contributed by atoms with Gasteiger partial charge in [-0.25, -0.2) is 0 Å².